The summed E-state index contributed by atoms with van der Waals surface area (Å²) in [5.74, 6) is 1.87. The molecule has 6 heteroatoms. The predicted octanol–water partition coefficient (Wildman–Crippen LogP) is 2.83. The molecule has 138 valence electrons. The highest BCUT2D eigenvalue weighted by molar-refractivity contribution is 5.57. The van der Waals surface area contributed by atoms with Crippen LogP contribution in [0.2, 0.25) is 0 Å². The standard InChI is InChI=1S/C21H22N4O2/c1-27-18-4-2-3-15(11-18)13-25-10-7-17(14-25)21-23-19(12-20(26)24-21)16-5-8-22-9-6-16/h2-6,8-9,11-12,17H,7,10,13-14H2,1H3,(H,23,24,26). The first kappa shape index (κ1) is 17.4. The van der Waals surface area contributed by atoms with Crippen LogP contribution in [0.25, 0.3) is 11.3 Å². The van der Waals surface area contributed by atoms with Gasteiger partial charge in [-0.25, -0.2) is 4.98 Å². The van der Waals surface area contributed by atoms with Crippen LogP contribution in [-0.4, -0.2) is 40.1 Å². The van der Waals surface area contributed by atoms with Gasteiger partial charge in [0.25, 0.3) is 5.56 Å². The number of aromatic nitrogens is 3. The lowest BCUT2D eigenvalue weighted by molar-refractivity contribution is 0.324. The number of methoxy groups -OCH3 is 1. The van der Waals surface area contributed by atoms with Gasteiger partial charge in [-0.1, -0.05) is 12.1 Å². The second-order valence-electron chi connectivity index (χ2n) is 6.82. The molecule has 1 N–H and O–H groups in total. The van der Waals surface area contributed by atoms with Gasteiger partial charge in [-0.2, -0.15) is 0 Å². The Labute approximate surface area is 157 Å². The van der Waals surface area contributed by atoms with Gasteiger partial charge in [0.1, 0.15) is 11.6 Å². The average Bonchev–Trinajstić information content (AvgIpc) is 3.17. The highest BCUT2D eigenvalue weighted by atomic mass is 16.5. The molecule has 1 aliphatic heterocycles. The van der Waals surface area contributed by atoms with Crippen LogP contribution in [-0.2, 0) is 6.54 Å². The van der Waals surface area contributed by atoms with Crippen LogP contribution in [0.4, 0.5) is 0 Å². The Morgan fingerprint density at radius 3 is 2.89 bits per heavy atom. The number of aromatic amines is 1. The summed E-state index contributed by atoms with van der Waals surface area (Å²) < 4.78 is 5.31. The Bertz CT molecular complexity index is 971. The Morgan fingerprint density at radius 1 is 1.22 bits per heavy atom. The molecule has 3 heterocycles. The molecule has 6 nitrogen and oxygen atoms in total. The zero-order valence-electron chi connectivity index (χ0n) is 15.3. The van der Waals surface area contributed by atoms with Gasteiger partial charge in [-0.3, -0.25) is 14.7 Å². The predicted molar refractivity (Wildman–Crippen MR) is 104 cm³/mol. The van der Waals surface area contributed by atoms with E-state index in [0.717, 1.165) is 43.2 Å². The number of H-pyrrole nitrogens is 1. The first-order valence-corrected chi connectivity index (χ1v) is 9.08. The molecule has 0 amide bonds. The zero-order chi connectivity index (χ0) is 18.6. The van der Waals surface area contributed by atoms with Crippen LogP contribution >= 0.6 is 0 Å². The lowest BCUT2D eigenvalue weighted by Crippen LogP contribution is -2.21. The molecule has 1 aromatic carbocycles. The number of nitrogens with zero attached hydrogens (tertiary/aromatic N) is 3. The number of hydrogen-bond acceptors (Lipinski definition) is 5. The Kier molecular flexibility index (Phi) is 4.98. The number of hydrogen-bond donors (Lipinski definition) is 1. The first-order valence-electron chi connectivity index (χ1n) is 9.08. The molecule has 1 fully saturated rings. The second-order valence-corrected chi connectivity index (χ2v) is 6.82. The summed E-state index contributed by atoms with van der Waals surface area (Å²) in [5, 5.41) is 0. The van der Waals surface area contributed by atoms with Gasteiger partial charge in [-0.15, -0.1) is 0 Å². The molecular weight excluding hydrogens is 340 g/mol. The molecular formula is C21H22N4O2. The van der Waals surface area contributed by atoms with E-state index in [4.69, 9.17) is 9.72 Å². The van der Waals surface area contributed by atoms with Gasteiger partial charge in [0.15, 0.2) is 0 Å². The van der Waals surface area contributed by atoms with E-state index >= 15 is 0 Å². The van der Waals surface area contributed by atoms with E-state index in [0.29, 0.717) is 5.69 Å². The summed E-state index contributed by atoms with van der Waals surface area (Å²) in [6.45, 7) is 2.72. The fourth-order valence-electron chi connectivity index (χ4n) is 3.57. The van der Waals surface area contributed by atoms with Crippen LogP contribution in [0.15, 0.2) is 59.7 Å². The normalized spacial score (nSPS) is 17.1. The molecule has 3 aromatic rings. The zero-order valence-corrected chi connectivity index (χ0v) is 15.3. The molecule has 4 rings (SSSR count). The Hall–Kier alpha value is -2.99. The minimum Gasteiger partial charge on any atom is -0.497 e. The SMILES string of the molecule is COc1cccc(CN2CCC(c3nc(-c4ccncc4)cc(=O)[nH]3)C2)c1. The molecule has 27 heavy (non-hydrogen) atoms. The summed E-state index contributed by atoms with van der Waals surface area (Å²) in [6.07, 6.45) is 4.40. The van der Waals surface area contributed by atoms with E-state index in [9.17, 15) is 4.79 Å². The third kappa shape index (κ3) is 4.06. The highest BCUT2D eigenvalue weighted by Crippen LogP contribution is 2.27. The number of rotatable bonds is 5. The van der Waals surface area contributed by atoms with E-state index in [-0.39, 0.29) is 11.5 Å². The molecule has 1 atom stereocenters. The molecule has 2 aromatic heterocycles. The molecule has 0 spiro atoms. The summed E-state index contributed by atoms with van der Waals surface area (Å²) in [6, 6.07) is 13.4. The smallest absolute Gasteiger partial charge is 0.251 e. The third-order valence-electron chi connectivity index (χ3n) is 4.94. The lowest BCUT2D eigenvalue weighted by Gasteiger charge is -2.16. The van der Waals surface area contributed by atoms with Crippen molar-refractivity contribution in [2.75, 3.05) is 20.2 Å². The van der Waals surface area contributed by atoms with Crippen molar-refractivity contribution < 1.29 is 4.74 Å². The number of ether oxygens (including phenoxy) is 1. The quantitative estimate of drug-likeness (QED) is 0.756. The largest absolute Gasteiger partial charge is 0.497 e. The molecule has 0 radical (unpaired) electrons. The van der Waals surface area contributed by atoms with Crippen molar-refractivity contribution in [3.8, 4) is 17.0 Å². The number of pyridine rings is 1. The topological polar surface area (TPSA) is 71.1 Å². The van der Waals surface area contributed by atoms with Gasteiger partial charge in [0, 0.05) is 43.0 Å². The summed E-state index contributed by atoms with van der Waals surface area (Å²) in [7, 11) is 1.68. The van der Waals surface area contributed by atoms with Gasteiger partial charge < -0.3 is 9.72 Å². The molecule has 0 aliphatic carbocycles. The fraction of sp³-hybridized carbons (Fsp3) is 0.286. The second kappa shape index (κ2) is 7.72. The molecule has 0 bridgehead atoms. The molecule has 1 unspecified atom stereocenters. The van der Waals surface area contributed by atoms with Crippen molar-refractivity contribution in [1.29, 1.82) is 0 Å². The summed E-state index contributed by atoms with van der Waals surface area (Å²) in [4.78, 5) is 26.2. The van der Waals surface area contributed by atoms with Crippen LogP contribution in [0.3, 0.4) is 0 Å². The van der Waals surface area contributed by atoms with Gasteiger partial charge in [0.05, 0.1) is 12.8 Å². The molecule has 1 saturated heterocycles. The summed E-state index contributed by atoms with van der Waals surface area (Å²) >= 11 is 0. The molecule has 0 saturated carbocycles. The van der Waals surface area contributed by atoms with Gasteiger partial charge in [-0.05, 0) is 42.8 Å². The van der Waals surface area contributed by atoms with Crippen LogP contribution < -0.4 is 10.3 Å². The monoisotopic (exact) mass is 362 g/mol. The van der Waals surface area contributed by atoms with Crippen molar-refractivity contribution >= 4 is 0 Å². The minimum atomic E-state index is -0.113. The lowest BCUT2D eigenvalue weighted by atomic mass is 10.1. The first-order chi connectivity index (χ1) is 13.2. The van der Waals surface area contributed by atoms with E-state index in [1.807, 2.05) is 24.3 Å². The van der Waals surface area contributed by atoms with Crippen molar-refractivity contribution in [3.05, 3.63) is 76.6 Å². The van der Waals surface area contributed by atoms with E-state index in [1.54, 1.807) is 25.6 Å². The number of benzene rings is 1. The maximum Gasteiger partial charge on any atom is 0.251 e. The average molecular weight is 362 g/mol. The van der Waals surface area contributed by atoms with Crippen molar-refractivity contribution in [2.24, 2.45) is 0 Å². The third-order valence-corrected chi connectivity index (χ3v) is 4.94. The number of likely N-dealkylation sites (tertiary alicyclic amines) is 1. The van der Waals surface area contributed by atoms with Crippen LogP contribution in [0.5, 0.6) is 5.75 Å². The van der Waals surface area contributed by atoms with Crippen LogP contribution in [0, 0.1) is 0 Å². The maximum atomic E-state index is 12.1. The van der Waals surface area contributed by atoms with Crippen molar-refractivity contribution in [1.82, 2.24) is 19.9 Å². The summed E-state index contributed by atoms with van der Waals surface area (Å²) in [5.41, 5.74) is 2.71. The molecule has 1 aliphatic rings. The Morgan fingerprint density at radius 2 is 2.07 bits per heavy atom. The van der Waals surface area contributed by atoms with E-state index in [2.05, 4.69) is 27.0 Å². The minimum absolute atomic E-state index is 0.113. The van der Waals surface area contributed by atoms with Gasteiger partial charge >= 0.3 is 0 Å². The van der Waals surface area contributed by atoms with Crippen molar-refractivity contribution in [3.63, 3.8) is 0 Å². The maximum absolute atomic E-state index is 12.1. The Balaban J connectivity index is 1.50. The number of nitrogens with one attached hydrogen (secondary N) is 1. The van der Waals surface area contributed by atoms with Crippen LogP contribution in [0.1, 0.15) is 23.7 Å². The van der Waals surface area contributed by atoms with Crippen molar-refractivity contribution in [2.45, 2.75) is 18.9 Å². The van der Waals surface area contributed by atoms with Gasteiger partial charge in [0.2, 0.25) is 0 Å². The van der Waals surface area contributed by atoms with E-state index < -0.39 is 0 Å². The fourth-order valence-corrected chi connectivity index (χ4v) is 3.57. The van der Waals surface area contributed by atoms with E-state index in [1.165, 1.54) is 5.56 Å². The highest BCUT2D eigenvalue weighted by Gasteiger charge is 2.26.